The molecule has 0 atom stereocenters. The Morgan fingerprint density at radius 2 is 1.95 bits per heavy atom. The van der Waals surface area contributed by atoms with Gasteiger partial charge in [-0.05, 0) is 37.3 Å². The fourth-order valence-electron chi connectivity index (χ4n) is 1.72. The lowest BCUT2D eigenvalue weighted by Crippen LogP contribution is -2.12. The lowest BCUT2D eigenvalue weighted by Gasteiger charge is -2.11. The van der Waals surface area contributed by atoms with Crippen molar-refractivity contribution in [1.82, 2.24) is 4.98 Å². The van der Waals surface area contributed by atoms with Crippen LogP contribution in [-0.2, 0) is 0 Å². The number of benzene rings is 1. The van der Waals surface area contributed by atoms with Crippen molar-refractivity contribution in [2.75, 3.05) is 19.0 Å². The van der Waals surface area contributed by atoms with Crippen LogP contribution in [0.2, 0.25) is 0 Å². The Morgan fingerprint density at radius 1 is 1.20 bits per heavy atom. The first kappa shape index (κ1) is 13.9. The molecule has 104 valence electrons. The summed E-state index contributed by atoms with van der Waals surface area (Å²) in [6.45, 7) is 2.38. The number of amides is 1. The zero-order valence-electron chi connectivity index (χ0n) is 11.4. The maximum absolute atomic E-state index is 12.1. The highest BCUT2D eigenvalue weighted by Crippen LogP contribution is 2.28. The number of carbonyl (C=O) groups excluding carboxylic acids is 1. The number of carbonyl (C=O) groups is 1. The van der Waals surface area contributed by atoms with E-state index >= 15 is 0 Å². The maximum Gasteiger partial charge on any atom is 0.255 e. The molecule has 0 radical (unpaired) electrons. The van der Waals surface area contributed by atoms with Gasteiger partial charge in [0.15, 0.2) is 11.5 Å². The summed E-state index contributed by atoms with van der Waals surface area (Å²) in [7, 11) is 1.56. The van der Waals surface area contributed by atoms with Crippen molar-refractivity contribution in [1.29, 1.82) is 0 Å². The lowest BCUT2D eigenvalue weighted by atomic mass is 10.2. The van der Waals surface area contributed by atoms with E-state index in [-0.39, 0.29) is 5.91 Å². The number of methoxy groups -OCH3 is 1. The number of pyridine rings is 1. The highest BCUT2D eigenvalue weighted by molar-refractivity contribution is 6.04. The van der Waals surface area contributed by atoms with E-state index in [1.165, 1.54) is 0 Å². The minimum Gasteiger partial charge on any atom is -0.493 e. The van der Waals surface area contributed by atoms with E-state index in [0.717, 1.165) is 0 Å². The second kappa shape index (κ2) is 6.56. The van der Waals surface area contributed by atoms with Gasteiger partial charge < -0.3 is 14.8 Å². The molecule has 1 aromatic heterocycles. The molecule has 1 heterocycles. The number of rotatable bonds is 5. The summed E-state index contributed by atoms with van der Waals surface area (Å²) in [5.74, 6) is 0.949. The molecule has 0 fully saturated rings. The molecule has 1 amide bonds. The fraction of sp³-hybridized carbons (Fsp3) is 0.200. The summed E-state index contributed by atoms with van der Waals surface area (Å²) >= 11 is 0. The molecule has 0 bridgehead atoms. The number of hydrogen-bond acceptors (Lipinski definition) is 4. The first-order valence-electron chi connectivity index (χ1n) is 6.26. The SMILES string of the molecule is CCOc1cc(C(=O)Nc2ccncc2)ccc1OC. The van der Waals surface area contributed by atoms with Gasteiger partial charge in [0.2, 0.25) is 0 Å². The van der Waals surface area contributed by atoms with Crippen molar-refractivity contribution in [3.63, 3.8) is 0 Å². The quantitative estimate of drug-likeness (QED) is 0.909. The highest BCUT2D eigenvalue weighted by Gasteiger charge is 2.11. The van der Waals surface area contributed by atoms with E-state index < -0.39 is 0 Å². The Labute approximate surface area is 117 Å². The Hall–Kier alpha value is -2.56. The second-order valence-electron chi connectivity index (χ2n) is 3.99. The number of aromatic nitrogens is 1. The van der Waals surface area contributed by atoms with Crippen LogP contribution in [-0.4, -0.2) is 24.6 Å². The van der Waals surface area contributed by atoms with Crippen LogP contribution in [0.3, 0.4) is 0 Å². The number of nitrogens with one attached hydrogen (secondary N) is 1. The number of hydrogen-bond donors (Lipinski definition) is 1. The van der Waals surface area contributed by atoms with E-state index in [1.54, 1.807) is 49.8 Å². The Bertz CT molecular complexity index is 585. The molecule has 0 saturated heterocycles. The third-order valence-corrected chi connectivity index (χ3v) is 2.66. The molecule has 0 aliphatic carbocycles. The molecule has 2 rings (SSSR count). The molecule has 0 spiro atoms. The average molecular weight is 272 g/mol. The van der Waals surface area contributed by atoms with Crippen molar-refractivity contribution in [2.24, 2.45) is 0 Å². The number of ether oxygens (including phenoxy) is 2. The van der Waals surface area contributed by atoms with E-state index in [9.17, 15) is 4.79 Å². The molecule has 5 heteroatoms. The van der Waals surface area contributed by atoms with Crippen LogP contribution in [0.25, 0.3) is 0 Å². The second-order valence-corrected chi connectivity index (χ2v) is 3.99. The molecule has 0 aliphatic heterocycles. The zero-order valence-corrected chi connectivity index (χ0v) is 11.4. The van der Waals surface area contributed by atoms with E-state index in [1.807, 2.05) is 6.92 Å². The van der Waals surface area contributed by atoms with Crippen LogP contribution in [0.15, 0.2) is 42.7 Å². The molecule has 1 aromatic carbocycles. The van der Waals surface area contributed by atoms with Crippen molar-refractivity contribution in [3.05, 3.63) is 48.3 Å². The molecular formula is C15H16N2O3. The van der Waals surface area contributed by atoms with E-state index in [2.05, 4.69) is 10.3 Å². The summed E-state index contributed by atoms with van der Waals surface area (Å²) in [6.07, 6.45) is 3.24. The van der Waals surface area contributed by atoms with Gasteiger partial charge in [-0.15, -0.1) is 0 Å². The molecule has 1 N–H and O–H groups in total. The summed E-state index contributed by atoms with van der Waals surface area (Å²) in [5.41, 5.74) is 1.20. The molecule has 5 nitrogen and oxygen atoms in total. The smallest absolute Gasteiger partial charge is 0.255 e. The van der Waals surface area contributed by atoms with E-state index in [4.69, 9.17) is 9.47 Å². The molecule has 20 heavy (non-hydrogen) atoms. The Kier molecular flexibility index (Phi) is 4.55. The summed E-state index contributed by atoms with van der Waals surface area (Å²) in [5, 5.41) is 2.79. The summed E-state index contributed by atoms with van der Waals surface area (Å²) in [6, 6.07) is 8.53. The van der Waals surface area contributed by atoms with Crippen LogP contribution in [0.4, 0.5) is 5.69 Å². The van der Waals surface area contributed by atoms with Gasteiger partial charge in [-0.25, -0.2) is 0 Å². The molecule has 0 saturated carbocycles. The van der Waals surface area contributed by atoms with Crippen molar-refractivity contribution < 1.29 is 14.3 Å². The van der Waals surface area contributed by atoms with Gasteiger partial charge in [-0.2, -0.15) is 0 Å². The Morgan fingerprint density at radius 3 is 2.60 bits per heavy atom. The highest BCUT2D eigenvalue weighted by atomic mass is 16.5. The van der Waals surface area contributed by atoms with Gasteiger partial charge in [-0.1, -0.05) is 0 Å². The minimum atomic E-state index is -0.209. The fourth-order valence-corrected chi connectivity index (χ4v) is 1.72. The van der Waals surface area contributed by atoms with Crippen LogP contribution >= 0.6 is 0 Å². The Balaban J connectivity index is 2.19. The zero-order chi connectivity index (χ0) is 14.4. The van der Waals surface area contributed by atoms with Crippen molar-refractivity contribution >= 4 is 11.6 Å². The summed E-state index contributed by atoms with van der Waals surface area (Å²) in [4.78, 5) is 16.0. The summed E-state index contributed by atoms with van der Waals surface area (Å²) < 4.78 is 10.6. The average Bonchev–Trinajstić information content (AvgIpc) is 2.48. The van der Waals surface area contributed by atoms with Crippen LogP contribution in [0, 0.1) is 0 Å². The maximum atomic E-state index is 12.1. The van der Waals surface area contributed by atoms with Gasteiger partial charge in [0.05, 0.1) is 13.7 Å². The normalized spacial score (nSPS) is 9.90. The van der Waals surface area contributed by atoms with Gasteiger partial charge >= 0.3 is 0 Å². The largest absolute Gasteiger partial charge is 0.493 e. The molecule has 0 unspecified atom stereocenters. The minimum absolute atomic E-state index is 0.209. The van der Waals surface area contributed by atoms with Gasteiger partial charge in [0, 0.05) is 23.6 Å². The topological polar surface area (TPSA) is 60.5 Å². The van der Waals surface area contributed by atoms with Crippen LogP contribution in [0.1, 0.15) is 17.3 Å². The van der Waals surface area contributed by atoms with Gasteiger partial charge in [0.1, 0.15) is 0 Å². The molecular weight excluding hydrogens is 256 g/mol. The lowest BCUT2D eigenvalue weighted by molar-refractivity contribution is 0.102. The number of nitrogens with zero attached hydrogens (tertiary/aromatic N) is 1. The van der Waals surface area contributed by atoms with Crippen molar-refractivity contribution in [2.45, 2.75) is 6.92 Å². The first-order valence-corrected chi connectivity index (χ1v) is 6.26. The van der Waals surface area contributed by atoms with E-state index in [0.29, 0.717) is 29.4 Å². The third-order valence-electron chi connectivity index (χ3n) is 2.66. The van der Waals surface area contributed by atoms with Crippen molar-refractivity contribution in [3.8, 4) is 11.5 Å². The van der Waals surface area contributed by atoms with Gasteiger partial charge in [-0.3, -0.25) is 9.78 Å². The molecule has 2 aromatic rings. The first-order chi connectivity index (χ1) is 9.74. The van der Waals surface area contributed by atoms with Crippen LogP contribution in [0.5, 0.6) is 11.5 Å². The third kappa shape index (κ3) is 3.26. The van der Waals surface area contributed by atoms with Gasteiger partial charge in [0.25, 0.3) is 5.91 Å². The number of anilines is 1. The standard InChI is InChI=1S/C15H16N2O3/c1-3-20-14-10-11(4-5-13(14)19-2)15(18)17-12-6-8-16-9-7-12/h4-10H,3H2,1-2H3,(H,16,17,18). The van der Waals surface area contributed by atoms with Crippen LogP contribution < -0.4 is 14.8 Å². The monoisotopic (exact) mass is 272 g/mol. The molecule has 0 aliphatic rings. The predicted octanol–water partition coefficient (Wildman–Crippen LogP) is 2.74. The predicted molar refractivity (Wildman–Crippen MR) is 76.4 cm³/mol.